The Kier molecular flexibility index (Phi) is 3.21. The number of ketones is 1. The van der Waals surface area contributed by atoms with Crippen molar-refractivity contribution in [3.8, 4) is 0 Å². The van der Waals surface area contributed by atoms with Crippen LogP contribution in [0.2, 0.25) is 0 Å². The van der Waals surface area contributed by atoms with E-state index in [1.807, 2.05) is 18.2 Å². The molecular formula is C14H13NO2S. The first-order chi connectivity index (χ1) is 8.84. The third kappa shape index (κ3) is 2.21. The maximum Gasteiger partial charge on any atom is 0.171 e. The maximum atomic E-state index is 12.3. The summed E-state index contributed by atoms with van der Waals surface area (Å²) in [6, 6.07) is 8.03. The first-order valence-electron chi connectivity index (χ1n) is 5.94. The molecule has 1 unspecified atom stereocenters. The van der Waals surface area contributed by atoms with E-state index in [9.17, 15) is 4.79 Å². The van der Waals surface area contributed by atoms with E-state index in [0.717, 1.165) is 16.9 Å². The summed E-state index contributed by atoms with van der Waals surface area (Å²) >= 11 is 1.51. The van der Waals surface area contributed by atoms with Crippen molar-refractivity contribution in [3.63, 3.8) is 0 Å². The van der Waals surface area contributed by atoms with Crippen LogP contribution in [0.25, 0.3) is 0 Å². The molecule has 1 aliphatic rings. The van der Waals surface area contributed by atoms with E-state index in [0.29, 0.717) is 13.0 Å². The molecule has 0 aliphatic carbocycles. The summed E-state index contributed by atoms with van der Waals surface area (Å²) in [4.78, 5) is 17.3. The summed E-state index contributed by atoms with van der Waals surface area (Å²) in [7, 11) is 0. The minimum Gasteiger partial charge on any atom is -0.365 e. The molecule has 0 N–H and O–H groups in total. The minimum absolute atomic E-state index is 0.117. The molecular weight excluding hydrogens is 246 g/mol. The topological polar surface area (TPSA) is 39.2 Å². The molecule has 2 aromatic rings. The highest BCUT2D eigenvalue weighted by Crippen LogP contribution is 2.28. The molecule has 0 radical (unpaired) electrons. The fraction of sp³-hybridized carbons (Fsp3) is 0.286. The second-order valence-electron chi connectivity index (χ2n) is 4.31. The largest absolute Gasteiger partial charge is 0.365 e. The summed E-state index contributed by atoms with van der Waals surface area (Å²) in [5, 5.41) is 0. The zero-order valence-electron chi connectivity index (χ0n) is 9.83. The van der Waals surface area contributed by atoms with Crippen LogP contribution in [0.3, 0.4) is 0 Å². The van der Waals surface area contributed by atoms with Crippen molar-refractivity contribution in [2.75, 3.05) is 6.61 Å². The SMILES string of the molecule is O=C(Cc1cncs1)C1OCCc2ccccc21. The third-order valence-electron chi connectivity index (χ3n) is 3.12. The average molecular weight is 259 g/mol. The number of rotatable bonds is 3. The number of Topliss-reactive ketones (excluding diaryl/α,β-unsaturated/α-hetero) is 1. The lowest BCUT2D eigenvalue weighted by Crippen LogP contribution is -2.24. The van der Waals surface area contributed by atoms with Crippen LogP contribution in [-0.4, -0.2) is 17.4 Å². The third-order valence-corrected chi connectivity index (χ3v) is 3.90. The Morgan fingerprint density at radius 2 is 2.33 bits per heavy atom. The van der Waals surface area contributed by atoms with Crippen LogP contribution < -0.4 is 0 Å². The van der Waals surface area contributed by atoms with Gasteiger partial charge in [0.05, 0.1) is 12.1 Å². The van der Waals surface area contributed by atoms with Crippen molar-refractivity contribution in [1.29, 1.82) is 0 Å². The number of thiazole rings is 1. The number of nitrogens with zero attached hydrogens (tertiary/aromatic N) is 1. The fourth-order valence-corrected chi connectivity index (χ4v) is 2.86. The van der Waals surface area contributed by atoms with Gasteiger partial charge in [0, 0.05) is 17.5 Å². The van der Waals surface area contributed by atoms with Crippen LogP contribution in [0.15, 0.2) is 36.0 Å². The molecule has 3 rings (SSSR count). The van der Waals surface area contributed by atoms with Crippen molar-refractivity contribution in [2.24, 2.45) is 0 Å². The van der Waals surface area contributed by atoms with Gasteiger partial charge < -0.3 is 4.74 Å². The van der Waals surface area contributed by atoms with Crippen LogP contribution >= 0.6 is 11.3 Å². The summed E-state index contributed by atoms with van der Waals surface area (Å²) < 4.78 is 5.65. The van der Waals surface area contributed by atoms with E-state index in [1.165, 1.54) is 16.9 Å². The van der Waals surface area contributed by atoms with E-state index in [-0.39, 0.29) is 5.78 Å². The van der Waals surface area contributed by atoms with Gasteiger partial charge in [-0.15, -0.1) is 11.3 Å². The zero-order valence-corrected chi connectivity index (χ0v) is 10.7. The summed E-state index contributed by atoms with van der Waals surface area (Å²) in [5.74, 6) is 0.117. The normalized spacial score (nSPS) is 18.3. The first-order valence-corrected chi connectivity index (χ1v) is 6.82. The average Bonchev–Trinajstić information content (AvgIpc) is 2.91. The van der Waals surface area contributed by atoms with Gasteiger partial charge in [-0.3, -0.25) is 9.78 Å². The number of aromatic nitrogens is 1. The van der Waals surface area contributed by atoms with Crippen LogP contribution in [0.1, 0.15) is 22.1 Å². The van der Waals surface area contributed by atoms with Gasteiger partial charge in [-0.1, -0.05) is 24.3 Å². The van der Waals surface area contributed by atoms with Gasteiger partial charge in [0.15, 0.2) is 5.78 Å². The molecule has 0 amide bonds. The molecule has 92 valence electrons. The fourth-order valence-electron chi connectivity index (χ4n) is 2.25. The number of benzene rings is 1. The molecule has 2 heterocycles. The van der Waals surface area contributed by atoms with Crippen LogP contribution in [0, 0.1) is 0 Å². The predicted molar refractivity (Wildman–Crippen MR) is 69.7 cm³/mol. The van der Waals surface area contributed by atoms with Gasteiger partial charge >= 0.3 is 0 Å². The van der Waals surface area contributed by atoms with Gasteiger partial charge in [0.2, 0.25) is 0 Å². The summed E-state index contributed by atoms with van der Waals surface area (Å²) in [6.07, 6.45) is 2.64. The molecule has 1 aromatic carbocycles. The molecule has 0 spiro atoms. The van der Waals surface area contributed by atoms with E-state index in [4.69, 9.17) is 4.74 Å². The van der Waals surface area contributed by atoms with E-state index in [2.05, 4.69) is 11.1 Å². The predicted octanol–water partition coefficient (Wildman–Crippen LogP) is 2.57. The van der Waals surface area contributed by atoms with E-state index < -0.39 is 6.10 Å². The number of carbonyl (C=O) groups is 1. The number of hydrogen-bond acceptors (Lipinski definition) is 4. The second kappa shape index (κ2) is 5.00. The number of hydrogen-bond donors (Lipinski definition) is 0. The quantitative estimate of drug-likeness (QED) is 0.850. The Bertz CT molecular complexity index is 551. The molecule has 0 fully saturated rings. The number of fused-ring (bicyclic) bond motifs is 1. The highest BCUT2D eigenvalue weighted by Gasteiger charge is 2.27. The molecule has 0 saturated heterocycles. The van der Waals surface area contributed by atoms with Crippen molar-refractivity contribution in [1.82, 2.24) is 4.98 Å². The van der Waals surface area contributed by atoms with Gasteiger partial charge in [0.25, 0.3) is 0 Å². The van der Waals surface area contributed by atoms with Gasteiger partial charge in [-0.25, -0.2) is 0 Å². The highest BCUT2D eigenvalue weighted by molar-refractivity contribution is 7.09. The van der Waals surface area contributed by atoms with Crippen LogP contribution in [-0.2, 0) is 22.4 Å². The molecule has 1 atom stereocenters. The number of carbonyl (C=O) groups excluding carboxylic acids is 1. The van der Waals surface area contributed by atoms with Crippen LogP contribution in [0.5, 0.6) is 0 Å². The Hall–Kier alpha value is -1.52. The Morgan fingerprint density at radius 3 is 3.17 bits per heavy atom. The minimum atomic E-state index is -0.406. The molecule has 0 bridgehead atoms. The standard InChI is InChI=1S/C14H13NO2S/c16-13(7-11-8-15-9-18-11)14-12-4-2-1-3-10(12)5-6-17-14/h1-4,8-9,14H,5-7H2. The van der Waals surface area contributed by atoms with E-state index in [1.54, 1.807) is 11.7 Å². The Labute approximate surface area is 109 Å². The molecule has 4 heteroatoms. The lowest BCUT2D eigenvalue weighted by atomic mass is 9.94. The van der Waals surface area contributed by atoms with E-state index >= 15 is 0 Å². The summed E-state index contributed by atoms with van der Waals surface area (Å²) in [5.41, 5.74) is 4.00. The van der Waals surface area contributed by atoms with Gasteiger partial charge in [-0.2, -0.15) is 0 Å². The van der Waals surface area contributed by atoms with Crippen molar-refractivity contribution < 1.29 is 9.53 Å². The molecule has 18 heavy (non-hydrogen) atoms. The second-order valence-corrected chi connectivity index (χ2v) is 5.28. The van der Waals surface area contributed by atoms with Gasteiger partial charge in [0.1, 0.15) is 6.10 Å². The smallest absolute Gasteiger partial charge is 0.171 e. The lowest BCUT2D eigenvalue weighted by Gasteiger charge is -2.24. The molecule has 1 aromatic heterocycles. The van der Waals surface area contributed by atoms with Crippen LogP contribution in [0.4, 0.5) is 0 Å². The number of ether oxygens (including phenoxy) is 1. The Morgan fingerprint density at radius 1 is 1.44 bits per heavy atom. The first kappa shape index (κ1) is 11.6. The molecule has 1 aliphatic heterocycles. The highest BCUT2D eigenvalue weighted by atomic mass is 32.1. The monoisotopic (exact) mass is 259 g/mol. The maximum absolute atomic E-state index is 12.3. The lowest BCUT2D eigenvalue weighted by molar-refractivity contribution is -0.131. The van der Waals surface area contributed by atoms with Crippen molar-refractivity contribution in [3.05, 3.63) is 52.0 Å². The molecule has 3 nitrogen and oxygen atoms in total. The van der Waals surface area contributed by atoms with Crippen molar-refractivity contribution >= 4 is 17.1 Å². The Balaban J connectivity index is 1.83. The van der Waals surface area contributed by atoms with Gasteiger partial charge in [-0.05, 0) is 17.5 Å². The molecule has 0 saturated carbocycles. The zero-order chi connectivity index (χ0) is 12.4. The summed E-state index contributed by atoms with van der Waals surface area (Å²) in [6.45, 7) is 0.621. The van der Waals surface area contributed by atoms with Crippen molar-refractivity contribution in [2.45, 2.75) is 18.9 Å².